The van der Waals surface area contributed by atoms with Crippen molar-refractivity contribution in [3.05, 3.63) is 0 Å². The van der Waals surface area contributed by atoms with Crippen LogP contribution in [0.3, 0.4) is 0 Å². The Hall–Kier alpha value is -1.94. The Morgan fingerprint density at radius 1 is 0.246 bits per heavy atom. The number of carbonyl (C=O) groups is 4. The van der Waals surface area contributed by atoms with Crippen molar-refractivity contribution in [1.82, 2.24) is 0 Å². The summed E-state index contributed by atoms with van der Waals surface area (Å²) in [4.78, 5) is 73.5. The van der Waals surface area contributed by atoms with Crippen LogP contribution in [0.1, 0.15) is 523 Å². The van der Waals surface area contributed by atoms with E-state index in [0.29, 0.717) is 25.7 Å². The molecule has 0 spiro atoms. The van der Waals surface area contributed by atoms with Crippen molar-refractivity contribution in [1.29, 1.82) is 0 Å². The molecule has 0 bridgehead atoms. The molecule has 0 aromatic rings. The molecule has 6 atom stereocenters. The molecule has 0 heterocycles. The molecule has 3 unspecified atom stereocenters. The number of phosphoric acid groups is 2. The Morgan fingerprint density at radius 3 is 0.623 bits per heavy atom. The van der Waals surface area contributed by atoms with Gasteiger partial charge in [-0.25, -0.2) is 9.13 Å². The second-order valence-corrected chi connectivity index (χ2v) is 37.3. The molecular weight excluding hydrogens is 1470 g/mol. The minimum absolute atomic E-state index is 0.110. The topological polar surface area (TPSA) is 237 Å². The van der Waals surface area contributed by atoms with E-state index >= 15 is 0 Å². The Balaban J connectivity index is 5.22. The van der Waals surface area contributed by atoms with Gasteiger partial charge in [-0.15, -0.1) is 0 Å². The summed E-state index contributed by atoms with van der Waals surface area (Å²) in [6.07, 6.45) is 84.9. The van der Waals surface area contributed by atoms with Crippen LogP contribution >= 0.6 is 15.6 Å². The van der Waals surface area contributed by atoms with Crippen molar-refractivity contribution >= 4 is 39.5 Å². The average molecular weight is 1660 g/mol. The summed E-state index contributed by atoms with van der Waals surface area (Å²) in [5, 5.41) is 10.7. The molecule has 0 fully saturated rings. The first-order valence-corrected chi connectivity index (χ1v) is 52.2. The van der Waals surface area contributed by atoms with Crippen LogP contribution in [0.15, 0.2) is 0 Å². The van der Waals surface area contributed by atoms with Crippen LogP contribution in [0.2, 0.25) is 0 Å². The molecular formula is C95H186O17P2. The number of aliphatic hydroxyl groups excluding tert-OH is 1. The maximum Gasteiger partial charge on any atom is 0.472 e. The zero-order chi connectivity index (χ0) is 83.3. The fourth-order valence-electron chi connectivity index (χ4n) is 15.0. The second kappa shape index (κ2) is 87.4. The lowest BCUT2D eigenvalue weighted by atomic mass is 9.99. The van der Waals surface area contributed by atoms with Gasteiger partial charge in [-0.3, -0.25) is 37.3 Å². The predicted molar refractivity (Wildman–Crippen MR) is 474 cm³/mol. The minimum atomic E-state index is -4.97. The monoisotopic (exact) mass is 1660 g/mol. The van der Waals surface area contributed by atoms with E-state index in [2.05, 4.69) is 34.6 Å². The molecule has 678 valence electrons. The fourth-order valence-corrected chi connectivity index (χ4v) is 16.6. The molecule has 0 aliphatic carbocycles. The highest BCUT2D eigenvalue weighted by Gasteiger charge is 2.31. The summed E-state index contributed by atoms with van der Waals surface area (Å²) in [6, 6.07) is 0. The zero-order valence-electron chi connectivity index (χ0n) is 75.2. The van der Waals surface area contributed by atoms with Gasteiger partial charge in [-0.05, 0) is 31.6 Å². The van der Waals surface area contributed by atoms with Gasteiger partial charge in [-0.2, -0.15) is 0 Å². The first-order chi connectivity index (χ1) is 55.6. The molecule has 0 aliphatic heterocycles. The SMILES string of the molecule is CCCCCCCCCCCCCCCCCCCCCCCC(=O)OC[C@H](COP(=O)(O)OC[C@@H](O)COP(=O)(O)OC[C@@H](COC(=O)CCCCCCCCCCCCC)OC(=O)CCCCCCCCCCCCCCCCCCCCCC)OC(=O)CCCCCCCCCCCCCCCCCCCCC(C)CC. The summed E-state index contributed by atoms with van der Waals surface area (Å²) in [5.74, 6) is -1.22. The normalized spacial score (nSPS) is 13.9. The molecule has 17 nitrogen and oxygen atoms in total. The van der Waals surface area contributed by atoms with Crippen molar-refractivity contribution in [2.75, 3.05) is 39.6 Å². The molecule has 0 saturated heterocycles. The van der Waals surface area contributed by atoms with E-state index in [1.54, 1.807) is 0 Å². The van der Waals surface area contributed by atoms with Gasteiger partial charge in [0.25, 0.3) is 0 Å². The molecule has 0 aliphatic rings. The molecule has 0 amide bonds. The van der Waals surface area contributed by atoms with Crippen molar-refractivity contribution in [2.45, 2.75) is 541 Å². The van der Waals surface area contributed by atoms with Crippen LogP contribution in [0.5, 0.6) is 0 Å². The first kappa shape index (κ1) is 112. The lowest BCUT2D eigenvalue weighted by Gasteiger charge is -2.21. The number of unbranched alkanes of at least 4 members (excludes halogenated alkanes) is 66. The third-order valence-electron chi connectivity index (χ3n) is 22.9. The van der Waals surface area contributed by atoms with E-state index in [1.165, 1.54) is 347 Å². The third kappa shape index (κ3) is 86.4. The largest absolute Gasteiger partial charge is 0.472 e. The van der Waals surface area contributed by atoms with Crippen molar-refractivity contribution < 1.29 is 80.2 Å². The van der Waals surface area contributed by atoms with Gasteiger partial charge in [0.15, 0.2) is 12.2 Å². The van der Waals surface area contributed by atoms with Crippen LogP contribution in [0.4, 0.5) is 0 Å². The van der Waals surface area contributed by atoms with Gasteiger partial charge in [0.1, 0.15) is 19.3 Å². The van der Waals surface area contributed by atoms with Crippen LogP contribution in [-0.2, 0) is 65.4 Å². The van der Waals surface area contributed by atoms with Crippen molar-refractivity contribution in [2.24, 2.45) is 5.92 Å². The highest BCUT2D eigenvalue weighted by atomic mass is 31.2. The maximum atomic E-state index is 13.2. The minimum Gasteiger partial charge on any atom is -0.462 e. The van der Waals surface area contributed by atoms with Gasteiger partial charge in [0.05, 0.1) is 26.4 Å². The summed E-state index contributed by atoms with van der Waals surface area (Å²) >= 11 is 0. The van der Waals surface area contributed by atoms with E-state index < -0.39 is 97.5 Å². The average Bonchev–Trinajstić information content (AvgIpc) is 0.887. The van der Waals surface area contributed by atoms with Crippen LogP contribution < -0.4 is 0 Å². The number of hydrogen-bond donors (Lipinski definition) is 3. The summed E-state index contributed by atoms with van der Waals surface area (Å²) in [5.41, 5.74) is 0. The zero-order valence-corrected chi connectivity index (χ0v) is 77.0. The number of aliphatic hydroxyl groups is 1. The number of rotatable bonds is 95. The van der Waals surface area contributed by atoms with Gasteiger partial charge in [0, 0.05) is 25.7 Å². The fraction of sp³-hybridized carbons (Fsp3) is 0.958. The molecule has 0 radical (unpaired) electrons. The molecule has 0 rings (SSSR count). The van der Waals surface area contributed by atoms with E-state index in [-0.39, 0.29) is 25.7 Å². The lowest BCUT2D eigenvalue weighted by Crippen LogP contribution is -2.30. The van der Waals surface area contributed by atoms with Gasteiger partial charge < -0.3 is 33.8 Å². The second-order valence-electron chi connectivity index (χ2n) is 34.4. The number of hydrogen-bond acceptors (Lipinski definition) is 15. The van der Waals surface area contributed by atoms with E-state index in [9.17, 15) is 43.2 Å². The predicted octanol–water partition coefficient (Wildman–Crippen LogP) is 29.9. The standard InChI is InChI=1S/C95H186O17P2/c1-6-10-13-16-19-22-25-27-29-31-33-35-37-41-45-49-54-59-64-69-74-79-93(98)106-85-91(112-95(100)81-76-71-66-61-56-51-47-43-39-38-40-44-48-53-57-62-67-72-77-88(5)9-4)87-110-114(103,104)108-83-89(96)82-107-113(101,102)109-86-90(84-105-92(97)78-73-68-63-58-52-24-21-18-15-12-8-3)111-94(99)80-75-70-65-60-55-50-46-42-36-34-32-30-28-26-23-20-17-14-11-7-2/h88-91,96H,6-87H2,1-5H3,(H,101,102)(H,103,104)/t88?,89-,90+,91+/m0/s1. The van der Waals surface area contributed by atoms with Crippen LogP contribution in [0.25, 0.3) is 0 Å². The van der Waals surface area contributed by atoms with Gasteiger partial charge in [0.2, 0.25) is 0 Å². The number of ether oxygens (including phenoxy) is 4. The van der Waals surface area contributed by atoms with E-state index in [4.69, 9.17) is 37.0 Å². The quantitative estimate of drug-likeness (QED) is 0.0222. The van der Waals surface area contributed by atoms with Crippen LogP contribution in [-0.4, -0.2) is 96.7 Å². The van der Waals surface area contributed by atoms with Crippen molar-refractivity contribution in [3.8, 4) is 0 Å². The first-order valence-electron chi connectivity index (χ1n) is 49.2. The Labute approximate surface area is 702 Å². The molecule has 0 aromatic heterocycles. The van der Waals surface area contributed by atoms with Crippen LogP contribution in [0, 0.1) is 5.92 Å². The molecule has 3 N–H and O–H groups in total. The highest BCUT2D eigenvalue weighted by molar-refractivity contribution is 7.47. The number of esters is 4. The maximum absolute atomic E-state index is 13.2. The number of carbonyl (C=O) groups excluding carboxylic acids is 4. The molecule has 114 heavy (non-hydrogen) atoms. The Bertz CT molecular complexity index is 2150. The molecule has 0 saturated carbocycles. The van der Waals surface area contributed by atoms with E-state index in [0.717, 1.165) is 95.8 Å². The van der Waals surface area contributed by atoms with E-state index in [1.807, 2.05) is 0 Å². The smallest absolute Gasteiger partial charge is 0.462 e. The molecule has 0 aromatic carbocycles. The summed E-state index contributed by atoms with van der Waals surface area (Å²) in [6.45, 7) is 7.48. The Kier molecular flexibility index (Phi) is 85.9. The Morgan fingerprint density at radius 2 is 0.421 bits per heavy atom. The van der Waals surface area contributed by atoms with Crippen molar-refractivity contribution in [3.63, 3.8) is 0 Å². The summed E-state index contributed by atoms with van der Waals surface area (Å²) < 4.78 is 69.2. The highest BCUT2D eigenvalue weighted by Crippen LogP contribution is 2.45. The lowest BCUT2D eigenvalue weighted by molar-refractivity contribution is -0.161. The van der Waals surface area contributed by atoms with Gasteiger partial charge >= 0.3 is 39.5 Å². The number of phosphoric ester groups is 2. The summed E-state index contributed by atoms with van der Waals surface area (Å²) in [7, 11) is -9.94. The van der Waals surface area contributed by atoms with Gasteiger partial charge in [-0.1, -0.05) is 471 Å². The third-order valence-corrected chi connectivity index (χ3v) is 24.8. The molecule has 19 heteroatoms.